The van der Waals surface area contributed by atoms with Gasteiger partial charge in [0.15, 0.2) is 0 Å². The molecule has 2 aromatic heterocycles. The van der Waals surface area contributed by atoms with E-state index >= 15 is 0 Å². The molecule has 25 heavy (non-hydrogen) atoms. The van der Waals surface area contributed by atoms with Gasteiger partial charge in [-0.25, -0.2) is 9.97 Å². The summed E-state index contributed by atoms with van der Waals surface area (Å²) < 4.78 is 0. The quantitative estimate of drug-likeness (QED) is 0.750. The molecular formula is C19H19N5O. The van der Waals surface area contributed by atoms with Gasteiger partial charge in [0.05, 0.1) is 12.2 Å². The minimum Gasteiger partial charge on any atom is -0.345 e. The Morgan fingerprint density at radius 1 is 1.04 bits per heavy atom. The summed E-state index contributed by atoms with van der Waals surface area (Å²) in [5, 5.41) is 6.05. The summed E-state index contributed by atoms with van der Waals surface area (Å²) in [7, 11) is 0. The van der Waals surface area contributed by atoms with E-state index in [1.165, 1.54) is 6.33 Å². The molecule has 0 aliphatic rings. The van der Waals surface area contributed by atoms with Crippen molar-refractivity contribution in [2.75, 3.05) is 5.32 Å². The lowest BCUT2D eigenvalue weighted by Crippen LogP contribution is -2.24. The predicted octanol–water partition coefficient (Wildman–Crippen LogP) is 3.16. The van der Waals surface area contributed by atoms with Gasteiger partial charge in [-0.3, -0.25) is 9.78 Å². The first kappa shape index (κ1) is 16.6. The number of anilines is 2. The van der Waals surface area contributed by atoms with Crippen molar-refractivity contribution in [2.45, 2.75) is 20.4 Å². The highest BCUT2D eigenvalue weighted by Gasteiger charge is 2.09. The Morgan fingerprint density at radius 3 is 2.72 bits per heavy atom. The van der Waals surface area contributed by atoms with Crippen LogP contribution in [0.25, 0.3) is 0 Å². The van der Waals surface area contributed by atoms with Crippen LogP contribution in [0.4, 0.5) is 11.5 Å². The predicted molar refractivity (Wildman–Crippen MR) is 96.6 cm³/mol. The van der Waals surface area contributed by atoms with E-state index in [2.05, 4.69) is 31.7 Å². The molecule has 0 bridgehead atoms. The van der Waals surface area contributed by atoms with Crippen molar-refractivity contribution in [1.29, 1.82) is 0 Å². The fraction of sp³-hybridized carbons (Fsp3) is 0.158. The van der Waals surface area contributed by atoms with Crippen molar-refractivity contribution in [3.05, 3.63) is 77.5 Å². The fourth-order valence-corrected chi connectivity index (χ4v) is 2.32. The molecule has 6 nitrogen and oxygen atoms in total. The number of aromatic nitrogens is 3. The Hall–Kier alpha value is -3.28. The topological polar surface area (TPSA) is 79.8 Å². The van der Waals surface area contributed by atoms with Crippen LogP contribution >= 0.6 is 0 Å². The summed E-state index contributed by atoms with van der Waals surface area (Å²) >= 11 is 0. The third-order valence-corrected chi connectivity index (χ3v) is 3.71. The second-order valence-electron chi connectivity index (χ2n) is 5.74. The van der Waals surface area contributed by atoms with Crippen LogP contribution in [0, 0.1) is 13.8 Å². The monoisotopic (exact) mass is 333 g/mol. The number of carbonyl (C=O) groups excluding carboxylic acids is 1. The average molecular weight is 333 g/mol. The van der Waals surface area contributed by atoms with Crippen molar-refractivity contribution in [3.8, 4) is 0 Å². The minimum atomic E-state index is -0.267. The van der Waals surface area contributed by atoms with Gasteiger partial charge >= 0.3 is 0 Å². The van der Waals surface area contributed by atoms with Gasteiger partial charge < -0.3 is 10.6 Å². The van der Waals surface area contributed by atoms with E-state index in [1.54, 1.807) is 12.3 Å². The standard InChI is InChI=1S/C19H19N5O/c1-13-6-7-14(2)16(9-13)24-18-10-17(22-12-23-18)19(25)21-11-15-5-3-4-8-20-15/h3-10,12H,11H2,1-2H3,(H,21,25)(H,22,23,24). The van der Waals surface area contributed by atoms with Gasteiger partial charge in [0.2, 0.25) is 0 Å². The van der Waals surface area contributed by atoms with Gasteiger partial charge in [-0.05, 0) is 43.2 Å². The largest absolute Gasteiger partial charge is 0.345 e. The second-order valence-corrected chi connectivity index (χ2v) is 5.74. The number of nitrogens with zero attached hydrogens (tertiary/aromatic N) is 3. The molecule has 0 atom stereocenters. The maximum Gasteiger partial charge on any atom is 0.270 e. The lowest BCUT2D eigenvalue weighted by molar-refractivity contribution is 0.0945. The van der Waals surface area contributed by atoms with Crippen LogP contribution in [0.2, 0.25) is 0 Å². The molecule has 0 saturated carbocycles. The Balaban J connectivity index is 1.70. The van der Waals surface area contributed by atoms with Gasteiger partial charge in [-0.1, -0.05) is 18.2 Å². The summed E-state index contributed by atoms with van der Waals surface area (Å²) in [6.45, 7) is 4.40. The van der Waals surface area contributed by atoms with E-state index in [1.807, 2.05) is 44.2 Å². The maximum atomic E-state index is 12.3. The molecular weight excluding hydrogens is 314 g/mol. The third-order valence-electron chi connectivity index (χ3n) is 3.71. The van der Waals surface area contributed by atoms with Crippen LogP contribution in [0.1, 0.15) is 27.3 Å². The van der Waals surface area contributed by atoms with E-state index in [4.69, 9.17) is 0 Å². The summed E-state index contributed by atoms with van der Waals surface area (Å²) in [4.78, 5) is 24.7. The van der Waals surface area contributed by atoms with Crippen LogP contribution < -0.4 is 10.6 Å². The number of hydrogen-bond donors (Lipinski definition) is 2. The number of pyridine rings is 1. The Morgan fingerprint density at radius 2 is 1.92 bits per heavy atom. The highest BCUT2D eigenvalue weighted by molar-refractivity contribution is 5.92. The smallest absolute Gasteiger partial charge is 0.270 e. The first-order valence-corrected chi connectivity index (χ1v) is 7.96. The first-order chi connectivity index (χ1) is 12.1. The molecule has 3 rings (SSSR count). The van der Waals surface area contributed by atoms with E-state index in [-0.39, 0.29) is 5.91 Å². The van der Waals surface area contributed by atoms with Crippen molar-refractivity contribution in [1.82, 2.24) is 20.3 Å². The molecule has 2 heterocycles. The molecule has 0 unspecified atom stereocenters. The second kappa shape index (κ2) is 7.53. The Kier molecular flexibility index (Phi) is 4.99. The van der Waals surface area contributed by atoms with Gasteiger partial charge in [-0.2, -0.15) is 0 Å². The molecule has 6 heteroatoms. The molecule has 3 aromatic rings. The van der Waals surface area contributed by atoms with Crippen LogP contribution in [-0.4, -0.2) is 20.9 Å². The van der Waals surface area contributed by atoms with Gasteiger partial charge in [0.1, 0.15) is 17.8 Å². The lowest BCUT2D eigenvalue weighted by atomic mass is 10.1. The average Bonchev–Trinajstić information content (AvgIpc) is 2.64. The lowest BCUT2D eigenvalue weighted by Gasteiger charge is -2.10. The Labute approximate surface area is 146 Å². The molecule has 0 fully saturated rings. The van der Waals surface area contributed by atoms with Crippen LogP contribution in [0.5, 0.6) is 0 Å². The molecule has 1 aromatic carbocycles. The van der Waals surface area contributed by atoms with Crippen molar-refractivity contribution in [2.24, 2.45) is 0 Å². The number of amides is 1. The highest BCUT2D eigenvalue weighted by atomic mass is 16.1. The normalized spacial score (nSPS) is 10.3. The molecule has 0 spiro atoms. The summed E-state index contributed by atoms with van der Waals surface area (Å²) in [6.07, 6.45) is 3.07. The maximum absolute atomic E-state index is 12.3. The van der Waals surface area contributed by atoms with Crippen molar-refractivity contribution >= 4 is 17.4 Å². The fourth-order valence-electron chi connectivity index (χ4n) is 2.32. The SMILES string of the molecule is Cc1ccc(C)c(Nc2cc(C(=O)NCc3ccccn3)ncn2)c1. The van der Waals surface area contributed by atoms with Gasteiger partial charge in [0.25, 0.3) is 5.91 Å². The zero-order chi connectivity index (χ0) is 17.6. The van der Waals surface area contributed by atoms with E-state index in [0.29, 0.717) is 18.1 Å². The number of hydrogen-bond acceptors (Lipinski definition) is 5. The number of nitrogens with one attached hydrogen (secondary N) is 2. The van der Waals surface area contributed by atoms with Crippen molar-refractivity contribution < 1.29 is 4.79 Å². The zero-order valence-corrected chi connectivity index (χ0v) is 14.2. The van der Waals surface area contributed by atoms with Crippen LogP contribution in [0.15, 0.2) is 55.0 Å². The van der Waals surface area contributed by atoms with Gasteiger partial charge in [-0.15, -0.1) is 0 Å². The number of rotatable bonds is 5. The minimum absolute atomic E-state index is 0.267. The molecule has 0 aliphatic carbocycles. The van der Waals surface area contributed by atoms with Crippen LogP contribution in [-0.2, 0) is 6.54 Å². The Bertz CT molecular complexity index is 880. The summed E-state index contributed by atoms with van der Waals surface area (Å²) in [5.41, 5.74) is 4.30. The molecule has 126 valence electrons. The molecule has 2 N–H and O–H groups in total. The number of aryl methyl sites for hydroxylation is 2. The third kappa shape index (κ3) is 4.38. The summed E-state index contributed by atoms with van der Waals surface area (Å²) in [6, 6.07) is 13.3. The number of benzene rings is 1. The van der Waals surface area contributed by atoms with E-state index < -0.39 is 0 Å². The zero-order valence-electron chi connectivity index (χ0n) is 14.2. The van der Waals surface area contributed by atoms with Gasteiger partial charge in [0, 0.05) is 18.0 Å². The highest BCUT2D eigenvalue weighted by Crippen LogP contribution is 2.20. The first-order valence-electron chi connectivity index (χ1n) is 7.96. The molecule has 0 saturated heterocycles. The summed E-state index contributed by atoms with van der Waals surface area (Å²) in [5.74, 6) is 0.309. The number of carbonyl (C=O) groups is 1. The van der Waals surface area contributed by atoms with Crippen molar-refractivity contribution in [3.63, 3.8) is 0 Å². The molecule has 0 aliphatic heterocycles. The molecule has 1 amide bonds. The van der Waals surface area contributed by atoms with E-state index in [9.17, 15) is 4.79 Å². The van der Waals surface area contributed by atoms with Crippen LogP contribution in [0.3, 0.4) is 0 Å². The molecule has 0 radical (unpaired) electrons. The van der Waals surface area contributed by atoms with E-state index in [0.717, 1.165) is 22.5 Å².